The second-order valence-electron chi connectivity index (χ2n) is 11.9. The van der Waals surface area contributed by atoms with Gasteiger partial charge < -0.3 is 23.1 Å². The van der Waals surface area contributed by atoms with Gasteiger partial charge in [-0.05, 0) is 50.1 Å². The van der Waals surface area contributed by atoms with Crippen molar-refractivity contribution >= 4 is 34.4 Å². The SMILES string of the molecule is CCOC(OCC)[C@H](O[Si](C)(C)C(C)(C)C)[C@@H](O[Si](C)(C)C(C)(C)C)[C@H](OC(C)=O)[C@H]1CS1. The number of thioether (sulfide) groups is 1. The Morgan fingerprint density at radius 3 is 1.58 bits per heavy atom. The molecule has 1 saturated heterocycles. The molecule has 0 saturated carbocycles. The first-order valence-corrected chi connectivity index (χ1v) is 19.1. The number of ether oxygens (including phenoxy) is 3. The summed E-state index contributed by atoms with van der Waals surface area (Å²) in [6.45, 7) is 28.6. The predicted octanol–water partition coefficient (Wildman–Crippen LogP) is 6.21. The van der Waals surface area contributed by atoms with Gasteiger partial charge in [-0.15, -0.1) is 0 Å². The van der Waals surface area contributed by atoms with Crippen LogP contribution in [0.5, 0.6) is 0 Å². The van der Waals surface area contributed by atoms with E-state index in [-0.39, 0.29) is 21.3 Å². The lowest BCUT2D eigenvalue weighted by Crippen LogP contribution is -2.60. The van der Waals surface area contributed by atoms with Gasteiger partial charge in [-0.1, -0.05) is 41.5 Å². The van der Waals surface area contributed by atoms with Crippen molar-refractivity contribution in [2.75, 3.05) is 19.0 Å². The molecule has 4 atom stereocenters. The van der Waals surface area contributed by atoms with Gasteiger partial charge in [0.05, 0.1) is 5.25 Å². The maximum atomic E-state index is 12.2. The van der Waals surface area contributed by atoms with Crippen LogP contribution in [0, 0.1) is 0 Å². The Bertz CT molecular complexity index is 619. The quantitative estimate of drug-likeness (QED) is 0.123. The van der Waals surface area contributed by atoms with E-state index in [2.05, 4.69) is 67.7 Å². The summed E-state index contributed by atoms with van der Waals surface area (Å²) in [7, 11) is -4.50. The van der Waals surface area contributed by atoms with E-state index < -0.39 is 41.2 Å². The summed E-state index contributed by atoms with van der Waals surface area (Å²) in [5.74, 6) is 0.641. The Hall–Kier alpha value is 0.0938. The van der Waals surface area contributed by atoms with Crippen LogP contribution < -0.4 is 0 Å². The van der Waals surface area contributed by atoms with Crippen molar-refractivity contribution < 1.29 is 27.9 Å². The average Bonchev–Trinajstić information content (AvgIpc) is 3.45. The van der Waals surface area contributed by atoms with E-state index in [0.29, 0.717) is 13.2 Å². The molecule has 196 valence electrons. The zero-order valence-corrected chi connectivity index (χ0v) is 26.2. The molecule has 1 aliphatic rings. The number of hydrogen-bond acceptors (Lipinski definition) is 7. The fourth-order valence-electron chi connectivity index (χ4n) is 2.99. The summed E-state index contributed by atoms with van der Waals surface area (Å²) in [4.78, 5) is 12.2. The molecule has 6 nitrogen and oxygen atoms in total. The standard InChI is InChI=1S/C24H50O6SSi2/c1-14-26-22(27-15-2)21(30-33(12,13)24(7,8)9)20(29-32(10,11)23(4,5)6)19(18-16-31-18)28-17(3)25/h18-22H,14-16H2,1-13H3/t18-,19-,20+,21-/m1/s1. The summed E-state index contributed by atoms with van der Waals surface area (Å²) in [5, 5.41) is 0.163. The van der Waals surface area contributed by atoms with Crippen LogP contribution in [0.3, 0.4) is 0 Å². The first kappa shape index (κ1) is 31.1. The number of carbonyl (C=O) groups is 1. The van der Waals surface area contributed by atoms with Crippen molar-refractivity contribution in [3.63, 3.8) is 0 Å². The molecule has 0 N–H and O–H groups in total. The van der Waals surface area contributed by atoms with Crippen LogP contribution in [-0.2, 0) is 27.9 Å². The fraction of sp³-hybridized carbons (Fsp3) is 0.958. The highest BCUT2D eigenvalue weighted by molar-refractivity contribution is 8.07. The third-order valence-corrected chi connectivity index (χ3v) is 17.0. The third-order valence-electron chi connectivity index (χ3n) is 7.08. The maximum absolute atomic E-state index is 12.2. The molecule has 1 aliphatic heterocycles. The first-order chi connectivity index (χ1) is 14.9. The topological polar surface area (TPSA) is 63.2 Å². The van der Waals surface area contributed by atoms with Crippen molar-refractivity contribution in [3.8, 4) is 0 Å². The van der Waals surface area contributed by atoms with E-state index in [9.17, 15) is 4.79 Å². The highest BCUT2D eigenvalue weighted by Gasteiger charge is 2.53. The van der Waals surface area contributed by atoms with Gasteiger partial charge in [0.1, 0.15) is 18.3 Å². The average molecular weight is 523 g/mol. The third kappa shape index (κ3) is 8.92. The van der Waals surface area contributed by atoms with Crippen LogP contribution in [0.15, 0.2) is 0 Å². The van der Waals surface area contributed by atoms with E-state index in [4.69, 9.17) is 23.1 Å². The molecule has 0 radical (unpaired) electrons. The number of carbonyl (C=O) groups excluding carboxylic acids is 1. The van der Waals surface area contributed by atoms with E-state index in [1.807, 2.05) is 13.8 Å². The van der Waals surface area contributed by atoms with Crippen molar-refractivity contribution in [2.24, 2.45) is 0 Å². The molecule has 0 aromatic carbocycles. The van der Waals surface area contributed by atoms with Crippen molar-refractivity contribution in [2.45, 2.75) is 128 Å². The lowest BCUT2D eigenvalue weighted by molar-refractivity contribution is -0.217. The minimum absolute atomic E-state index is 0.0129. The molecule has 0 bridgehead atoms. The Morgan fingerprint density at radius 2 is 1.27 bits per heavy atom. The van der Waals surface area contributed by atoms with Crippen molar-refractivity contribution in [1.82, 2.24) is 0 Å². The van der Waals surface area contributed by atoms with Crippen molar-refractivity contribution in [1.29, 1.82) is 0 Å². The second-order valence-corrected chi connectivity index (χ2v) is 22.7. The Labute approximate surface area is 209 Å². The maximum Gasteiger partial charge on any atom is 0.303 e. The van der Waals surface area contributed by atoms with Crippen LogP contribution in [0.25, 0.3) is 0 Å². The number of rotatable bonds is 13. The van der Waals surface area contributed by atoms with Gasteiger partial charge in [-0.25, -0.2) is 0 Å². The minimum Gasteiger partial charge on any atom is -0.459 e. The van der Waals surface area contributed by atoms with Gasteiger partial charge in [0.2, 0.25) is 0 Å². The normalized spacial score (nSPS) is 20.5. The van der Waals surface area contributed by atoms with E-state index in [1.54, 1.807) is 11.8 Å². The van der Waals surface area contributed by atoms with E-state index in [1.165, 1.54) is 6.92 Å². The molecule has 0 aromatic heterocycles. The Kier molecular flexibility index (Phi) is 11.2. The molecule has 0 aliphatic carbocycles. The molecule has 1 rings (SSSR count). The van der Waals surface area contributed by atoms with Gasteiger partial charge in [0.15, 0.2) is 22.9 Å². The van der Waals surface area contributed by atoms with Crippen LogP contribution >= 0.6 is 11.8 Å². The molecule has 1 heterocycles. The van der Waals surface area contributed by atoms with Gasteiger partial charge in [-0.3, -0.25) is 4.79 Å². The molecule has 33 heavy (non-hydrogen) atoms. The largest absolute Gasteiger partial charge is 0.459 e. The van der Waals surface area contributed by atoms with Crippen LogP contribution in [0.2, 0.25) is 36.3 Å². The zero-order valence-electron chi connectivity index (χ0n) is 23.4. The molecule has 1 fully saturated rings. The summed E-state index contributed by atoms with van der Waals surface area (Å²) < 4.78 is 32.2. The minimum atomic E-state index is -2.25. The Balaban J connectivity index is 3.61. The molecule has 0 amide bonds. The molecule has 0 unspecified atom stereocenters. The van der Waals surface area contributed by atoms with Crippen LogP contribution in [-0.4, -0.2) is 71.4 Å². The molecular formula is C24H50O6SSi2. The van der Waals surface area contributed by atoms with E-state index >= 15 is 0 Å². The second kappa shape index (κ2) is 11.9. The smallest absolute Gasteiger partial charge is 0.303 e. The van der Waals surface area contributed by atoms with Gasteiger partial charge in [0, 0.05) is 25.9 Å². The van der Waals surface area contributed by atoms with Crippen molar-refractivity contribution in [3.05, 3.63) is 0 Å². The number of hydrogen-bond donors (Lipinski definition) is 0. The summed E-state index contributed by atoms with van der Waals surface area (Å²) >= 11 is 1.79. The molecule has 0 spiro atoms. The lowest BCUT2D eigenvalue weighted by Gasteiger charge is -2.48. The first-order valence-electron chi connectivity index (χ1n) is 12.3. The zero-order chi connectivity index (χ0) is 25.8. The van der Waals surface area contributed by atoms with Gasteiger partial charge in [-0.2, -0.15) is 11.8 Å². The molecule has 9 heteroatoms. The van der Waals surface area contributed by atoms with Crippen LogP contribution in [0.1, 0.15) is 62.3 Å². The van der Waals surface area contributed by atoms with Crippen LogP contribution in [0.4, 0.5) is 0 Å². The summed E-state index contributed by atoms with van der Waals surface area (Å²) in [6.07, 6.45) is -2.01. The summed E-state index contributed by atoms with van der Waals surface area (Å²) in [5.41, 5.74) is 0. The lowest BCUT2D eigenvalue weighted by atomic mass is 10.1. The highest BCUT2D eigenvalue weighted by atomic mass is 32.2. The molecular weight excluding hydrogens is 472 g/mol. The van der Waals surface area contributed by atoms with E-state index in [0.717, 1.165) is 5.75 Å². The monoisotopic (exact) mass is 522 g/mol. The summed E-state index contributed by atoms with van der Waals surface area (Å²) in [6, 6.07) is 0. The highest BCUT2D eigenvalue weighted by Crippen LogP contribution is 2.45. The molecule has 0 aromatic rings. The van der Waals surface area contributed by atoms with Gasteiger partial charge >= 0.3 is 5.97 Å². The number of esters is 1. The van der Waals surface area contributed by atoms with Gasteiger partial charge in [0.25, 0.3) is 0 Å². The Morgan fingerprint density at radius 1 is 0.879 bits per heavy atom. The fourth-order valence-corrected chi connectivity index (χ4v) is 6.27. The predicted molar refractivity (Wildman–Crippen MR) is 143 cm³/mol.